The molecule has 0 unspecified atom stereocenters. The van der Waals surface area contributed by atoms with Gasteiger partial charge in [0.15, 0.2) is 0 Å². The first kappa shape index (κ1) is 13.4. The minimum atomic E-state index is 0.229. The first-order valence-corrected chi connectivity index (χ1v) is 6.44. The van der Waals surface area contributed by atoms with Gasteiger partial charge in [0.25, 0.3) is 0 Å². The van der Waals surface area contributed by atoms with Gasteiger partial charge in [-0.2, -0.15) is 0 Å². The lowest BCUT2D eigenvalue weighted by atomic mass is 9.82. The summed E-state index contributed by atoms with van der Waals surface area (Å²) in [7, 11) is 1.85. The van der Waals surface area contributed by atoms with E-state index in [0.29, 0.717) is 18.0 Å². The van der Waals surface area contributed by atoms with Crippen LogP contribution in [0.3, 0.4) is 0 Å². The molecule has 1 aliphatic carbocycles. The van der Waals surface area contributed by atoms with Crippen LogP contribution in [0.5, 0.6) is 0 Å². The maximum Gasteiger partial charge on any atom is 0.225 e. The Bertz CT molecular complexity index is 260. The quantitative estimate of drug-likeness (QED) is 0.766. The number of nitrogens with two attached hydrogens (primary N) is 1. The van der Waals surface area contributed by atoms with Crippen molar-refractivity contribution in [3.63, 3.8) is 0 Å². The van der Waals surface area contributed by atoms with Crippen molar-refractivity contribution in [3.05, 3.63) is 0 Å². The average Bonchev–Trinajstić information content (AvgIpc) is 2.26. The molecule has 0 aliphatic heterocycles. The van der Waals surface area contributed by atoms with Crippen molar-refractivity contribution in [1.29, 1.82) is 0 Å². The molecule has 2 N–H and O–H groups in total. The molecular formula is C12H22N2OS. The van der Waals surface area contributed by atoms with Crippen molar-refractivity contribution >= 4 is 23.1 Å². The fourth-order valence-electron chi connectivity index (χ4n) is 2.21. The van der Waals surface area contributed by atoms with E-state index in [1.54, 1.807) is 4.90 Å². The zero-order chi connectivity index (χ0) is 12.1. The number of amides is 1. The third kappa shape index (κ3) is 4.08. The van der Waals surface area contributed by atoms with Gasteiger partial charge in [0.2, 0.25) is 5.91 Å². The molecule has 0 saturated heterocycles. The Morgan fingerprint density at radius 1 is 1.38 bits per heavy atom. The van der Waals surface area contributed by atoms with Gasteiger partial charge >= 0.3 is 0 Å². The van der Waals surface area contributed by atoms with Crippen LogP contribution in [0.25, 0.3) is 0 Å². The summed E-state index contributed by atoms with van der Waals surface area (Å²) in [4.78, 5) is 14.3. The van der Waals surface area contributed by atoms with E-state index in [1.165, 1.54) is 12.8 Å². The molecule has 1 amide bonds. The largest absolute Gasteiger partial charge is 0.393 e. The van der Waals surface area contributed by atoms with E-state index >= 15 is 0 Å². The Balaban J connectivity index is 2.35. The lowest BCUT2D eigenvalue weighted by Crippen LogP contribution is -2.36. The number of hydrogen-bond acceptors (Lipinski definition) is 2. The van der Waals surface area contributed by atoms with Crippen LogP contribution in [0, 0.1) is 11.8 Å². The van der Waals surface area contributed by atoms with Crippen molar-refractivity contribution in [1.82, 2.24) is 4.90 Å². The maximum atomic E-state index is 12.1. The Labute approximate surface area is 103 Å². The van der Waals surface area contributed by atoms with Crippen LogP contribution >= 0.6 is 12.2 Å². The Morgan fingerprint density at radius 2 is 1.94 bits per heavy atom. The molecule has 0 spiro atoms. The molecule has 16 heavy (non-hydrogen) atoms. The highest BCUT2D eigenvalue weighted by Crippen LogP contribution is 2.29. The van der Waals surface area contributed by atoms with Crippen LogP contribution in [0.2, 0.25) is 0 Å². The topological polar surface area (TPSA) is 46.3 Å². The van der Waals surface area contributed by atoms with Crippen LogP contribution in [-0.4, -0.2) is 29.4 Å². The molecule has 0 heterocycles. The number of carbonyl (C=O) groups is 1. The van der Waals surface area contributed by atoms with Crippen molar-refractivity contribution < 1.29 is 4.79 Å². The predicted octanol–water partition coefficient (Wildman–Crippen LogP) is 1.95. The SMILES string of the molecule is CC1CCC(C(=O)N(C)CCC(N)=S)CC1. The van der Waals surface area contributed by atoms with Crippen LogP contribution in [0.4, 0.5) is 0 Å². The fourth-order valence-corrected chi connectivity index (χ4v) is 2.30. The molecular weight excluding hydrogens is 220 g/mol. The van der Waals surface area contributed by atoms with Crippen LogP contribution in [0.1, 0.15) is 39.0 Å². The predicted molar refractivity (Wildman–Crippen MR) is 70.2 cm³/mol. The summed E-state index contributed by atoms with van der Waals surface area (Å²) in [5, 5.41) is 0. The second kappa shape index (κ2) is 6.18. The molecule has 0 aromatic rings. The molecule has 0 bridgehead atoms. The van der Waals surface area contributed by atoms with Gasteiger partial charge in [-0.05, 0) is 31.6 Å². The lowest BCUT2D eigenvalue weighted by Gasteiger charge is -2.29. The summed E-state index contributed by atoms with van der Waals surface area (Å²) in [6.45, 7) is 2.91. The number of nitrogens with zero attached hydrogens (tertiary/aromatic N) is 1. The van der Waals surface area contributed by atoms with Gasteiger partial charge in [0.05, 0.1) is 4.99 Å². The van der Waals surface area contributed by atoms with Crippen LogP contribution in [-0.2, 0) is 4.79 Å². The molecule has 1 saturated carbocycles. The van der Waals surface area contributed by atoms with E-state index in [9.17, 15) is 4.79 Å². The second-order valence-electron chi connectivity index (χ2n) is 4.93. The minimum absolute atomic E-state index is 0.229. The van der Waals surface area contributed by atoms with Crippen molar-refractivity contribution in [2.24, 2.45) is 17.6 Å². The number of hydrogen-bond donors (Lipinski definition) is 1. The second-order valence-corrected chi connectivity index (χ2v) is 5.46. The zero-order valence-electron chi connectivity index (χ0n) is 10.2. The Hall–Kier alpha value is -0.640. The smallest absolute Gasteiger partial charge is 0.225 e. The van der Waals surface area contributed by atoms with Crippen LogP contribution < -0.4 is 5.73 Å². The summed E-state index contributed by atoms with van der Waals surface area (Å²) in [6.07, 6.45) is 5.06. The summed E-state index contributed by atoms with van der Waals surface area (Å²) >= 11 is 4.81. The summed E-state index contributed by atoms with van der Waals surface area (Å²) in [6, 6.07) is 0. The molecule has 3 nitrogen and oxygen atoms in total. The number of rotatable bonds is 4. The first-order valence-electron chi connectivity index (χ1n) is 6.04. The summed E-state index contributed by atoms with van der Waals surface area (Å²) < 4.78 is 0. The van der Waals surface area contributed by atoms with Gasteiger partial charge in [-0.1, -0.05) is 19.1 Å². The highest BCUT2D eigenvalue weighted by atomic mass is 32.1. The molecule has 1 rings (SSSR count). The lowest BCUT2D eigenvalue weighted by molar-refractivity contribution is -0.135. The minimum Gasteiger partial charge on any atom is -0.393 e. The van der Waals surface area contributed by atoms with Gasteiger partial charge in [-0.25, -0.2) is 0 Å². The molecule has 1 fully saturated rings. The monoisotopic (exact) mass is 242 g/mol. The van der Waals surface area contributed by atoms with Crippen molar-refractivity contribution in [2.75, 3.05) is 13.6 Å². The van der Waals surface area contributed by atoms with E-state index < -0.39 is 0 Å². The molecule has 0 aromatic heterocycles. The van der Waals surface area contributed by atoms with Crippen molar-refractivity contribution in [3.8, 4) is 0 Å². The van der Waals surface area contributed by atoms with Gasteiger partial charge in [-0.15, -0.1) is 0 Å². The Kier molecular flexibility index (Phi) is 5.19. The number of carbonyl (C=O) groups excluding carboxylic acids is 1. The molecule has 4 heteroatoms. The van der Waals surface area contributed by atoms with Crippen LogP contribution in [0.15, 0.2) is 0 Å². The van der Waals surface area contributed by atoms with Gasteiger partial charge < -0.3 is 10.6 Å². The van der Waals surface area contributed by atoms with E-state index in [1.807, 2.05) is 7.05 Å². The van der Waals surface area contributed by atoms with Gasteiger partial charge in [0.1, 0.15) is 0 Å². The first-order chi connectivity index (χ1) is 7.50. The van der Waals surface area contributed by atoms with E-state index in [2.05, 4.69) is 6.92 Å². The third-order valence-corrected chi connectivity index (χ3v) is 3.64. The molecule has 92 valence electrons. The normalized spacial score (nSPS) is 25.1. The van der Waals surface area contributed by atoms with E-state index in [4.69, 9.17) is 18.0 Å². The highest BCUT2D eigenvalue weighted by molar-refractivity contribution is 7.80. The Morgan fingerprint density at radius 3 is 2.44 bits per heavy atom. The summed E-state index contributed by atoms with van der Waals surface area (Å²) in [5.41, 5.74) is 5.43. The fraction of sp³-hybridized carbons (Fsp3) is 0.833. The maximum absolute atomic E-state index is 12.1. The van der Waals surface area contributed by atoms with Gasteiger partial charge in [-0.3, -0.25) is 4.79 Å². The van der Waals surface area contributed by atoms with Gasteiger partial charge in [0, 0.05) is 25.9 Å². The molecule has 1 aliphatic rings. The van der Waals surface area contributed by atoms with Crippen molar-refractivity contribution in [2.45, 2.75) is 39.0 Å². The average molecular weight is 242 g/mol. The number of thiocarbonyl (C=S) groups is 1. The highest BCUT2D eigenvalue weighted by Gasteiger charge is 2.26. The summed E-state index contributed by atoms with van der Waals surface area (Å²) in [5.74, 6) is 1.28. The molecule has 0 radical (unpaired) electrons. The van der Waals surface area contributed by atoms with E-state index in [-0.39, 0.29) is 11.8 Å². The molecule has 0 aromatic carbocycles. The standard InChI is InChI=1S/C12H22N2OS/c1-9-3-5-10(6-4-9)12(15)14(2)8-7-11(13)16/h9-10H,3-8H2,1-2H3,(H2,13,16). The molecule has 0 atom stereocenters. The zero-order valence-corrected chi connectivity index (χ0v) is 11.1. The van der Waals surface area contributed by atoms with E-state index in [0.717, 1.165) is 18.8 Å². The third-order valence-electron chi connectivity index (χ3n) is 3.43.